The molecule has 2 aromatic rings. The van der Waals surface area contributed by atoms with Crippen molar-refractivity contribution >= 4 is 39.3 Å². The molecule has 6 heteroatoms. The molecule has 0 heterocycles. The van der Waals surface area contributed by atoms with Gasteiger partial charge in [0.1, 0.15) is 5.75 Å². The topological polar surface area (TPSA) is 52.6 Å². The second-order valence-electron chi connectivity index (χ2n) is 5.21. The van der Waals surface area contributed by atoms with Crippen molar-refractivity contribution in [1.29, 1.82) is 0 Å². The van der Waals surface area contributed by atoms with Gasteiger partial charge in [-0.05, 0) is 49.7 Å². The molecule has 0 amide bonds. The van der Waals surface area contributed by atoms with E-state index in [2.05, 4.69) is 15.9 Å². The molecule has 0 bridgehead atoms. The Kier molecular flexibility index (Phi) is 6.40. The van der Waals surface area contributed by atoms with E-state index < -0.39 is 12.1 Å². The van der Waals surface area contributed by atoms with Gasteiger partial charge in [-0.25, -0.2) is 4.79 Å². The lowest BCUT2D eigenvalue weighted by atomic mass is 10.1. The number of esters is 1. The first-order chi connectivity index (χ1) is 11.4. The first-order valence-corrected chi connectivity index (χ1v) is 8.42. The van der Waals surface area contributed by atoms with Crippen LogP contribution in [-0.4, -0.2) is 24.5 Å². The zero-order valence-electron chi connectivity index (χ0n) is 13.2. The van der Waals surface area contributed by atoms with Crippen molar-refractivity contribution in [3.63, 3.8) is 0 Å². The van der Waals surface area contributed by atoms with Crippen LogP contribution in [0.5, 0.6) is 5.75 Å². The zero-order valence-corrected chi connectivity index (χ0v) is 15.6. The molecule has 0 spiro atoms. The molecule has 24 heavy (non-hydrogen) atoms. The number of hydrogen-bond acceptors (Lipinski definition) is 4. The summed E-state index contributed by atoms with van der Waals surface area (Å²) in [5.41, 5.74) is 1.29. The Morgan fingerprint density at radius 1 is 1.17 bits per heavy atom. The highest BCUT2D eigenvalue weighted by Gasteiger charge is 2.19. The third-order valence-electron chi connectivity index (χ3n) is 3.28. The molecule has 4 nitrogen and oxygen atoms in total. The summed E-state index contributed by atoms with van der Waals surface area (Å²) in [6, 6.07) is 11.9. The summed E-state index contributed by atoms with van der Waals surface area (Å²) >= 11 is 9.18. The van der Waals surface area contributed by atoms with Gasteiger partial charge < -0.3 is 9.47 Å². The number of hydrogen-bond donors (Lipinski definition) is 0. The molecule has 0 fully saturated rings. The van der Waals surface area contributed by atoms with Crippen LogP contribution in [-0.2, 0) is 9.53 Å². The number of ketones is 1. The number of Topliss-reactive ketones (excluding diaryl/α,β-unsaturated/α-hetero) is 1. The molecule has 0 aromatic heterocycles. The van der Waals surface area contributed by atoms with Crippen LogP contribution in [0.2, 0.25) is 5.02 Å². The molecule has 0 aliphatic rings. The summed E-state index contributed by atoms with van der Waals surface area (Å²) < 4.78 is 11.5. The summed E-state index contributed by atoms with van der Waals surface area (Å²) in [7, 11) is 0. The Hall–Kier alpha value is -1.85. The van der Waals surface area contributed by atoms with Crippen molar-refractivity contribution in [2.45, 2.75) is 20.0 Å². The smallest absolute Gasteiger partial charge is 0.347 e. The minimum Gasteiger partial charge on any atom is -0.479 e. The van der Waals surface area contributed by atoms with Crippen molar-refractivity contribution in [3.05, 3.63) is 63.1 Å². The van der Waals surface area contributed by atoms with E-state index in [0.29, 0.717) is 16.3 Å². The number of carbonyl (C=O) groups excluding carboxylic acids is 2. The van der Waals surface area contributed by atoms with Crippen molar-refractivity contribution in [3.8, 4) is 5.75 Å². The van der Waals surface area contributed by atoms with Gasteiger partial charge in [0.25, 0.3) is 0 Å². The van der Waals surface area contributed by atoms with E-state index in [4.69, 9.17) is 21.1 Å². The second-order valence-corrected chi connectivity index (χ2v) is 6.56. The average Bonchev–Trinajstić information content (AvgIpc) is 2.55. The quantitative estimate of drug-likeness (QED) is 0.515. The molecular weight excluding hydrogens is 396 g/mol. The van der Waals surface area contributed by atoms with Crippen molar-refractivity contribution in [2.24, 2.45) is 0 Å². The van der Waals surface area contributed by atoms with Gasteiger partial charge in [0, 0.05) is 15.1 Å². The monoisotopic (exact) mass is 410 g/mol. The van der Waals surface area contributed by atoms with Crippen LogP contribution >= 0.6 is 27.5 Å². The number of benzene rings is 2. The van der Waals surface area contributed by atoms with Gasteiger partial charge in [0.15, 0.2) is 18.5 Å². The minimum absolute atomic E-state index is 0.272. The highest BCUT2D eigenvalue weighted by atomic mass is 79.9. The molecule has 0 aliphatic heterocycles. The van der Waals surface area contributed by atoms with E-state index in [1.54, 1.807) is 49.4 Å². The SMILES string of the molecule is Cc1cc(Cl)ccc1O[C@@H](C)C(=O)OCC(=O)c1ccc(Br)cc1. The van der Waals surface area contributed by atoms with Crippen LogP contribution < -0.4 is 4.74 Å². The van der Waals surface area contributed by atoms with Crippen LogP contribution in [0.4, 0.5) is 0 Å². The molecule has 1 atom stereocenters. The number of aryl methyl sites for hydroxylation is 1. The van der Waals surface area contributed by atoms with E-state index in [1.807, 2.05) is 6.92 Å². The maximum atomic E-state index is 12.0. The Bertz CT molecular complexity index is 743. The second kappa shape index (κ2) is 8.31. The molecule has 2 rings (SSSR count). The molecule has 0 saturated heterocycles. The first-order valence-electron chi connectivity index (χ1n) is 7.25. The standard InChI is InChI=1S/C18H16BrClO4/c1-11-9-15(20)7-8-17(11)24-12(2)18(22)23-10-16(21)13-3-5-14(19)6-4-13/h3-9,12H,10H2,1-2H3/t12-/m0/s1. The molecule has 0 unspecified atom stereocenters. The van der Waals surface area contributed by atoms with E-state index >= 15 is 0 Å². The van der Waals surface area contributed by atoms with Gasteiger partial charge in [0.2, 0.25) is 0 Å². The first kappa shape index (κ1) is 18.5. The van der Waals surface area contributed by atoms with E-state index in [-0.39, 0.29) is 12.4 Å². The molecule has 0 aliphatic carbocycles. The fourth-order valence-corrected chi connectivity index (χ4v) is 2.45. The van der Waals surface area contributed by atoms with Crippen molar-refractivity contribution in [1.82, 2.24) is 0 Å². The maximum absolute atomic E-state index is 12.0. The molecule has 0 saturated carbocycles. The predicted molar refractivity (Wildman–Crippen MR) is 95.7 cm³/mol. The van der Waals surface area contributed by atoms with Gasteiger partial charge in [-0.1, -0.05) is 39.7 Å². The lowest BCUT2D eigenvalue weighted by Crippen LogP contribution is -2.28. The molecule has 0 N–H and O–H groups in total. The summed E-state index contributed by atoms with van der Waals surface area (Å²) in [6.07, 6.45) is -0.831. The van der Waals surface area contributed by atoms with Gasteiger partial charge >= 0.3 is 5.97 Å². The number of carbonyl (C=O) groups is 2. The lowest BCUT2D eigenvalue weighted by Gasteiger charge is -2.15. The molecule has 126 valence electrons. The molecule has 0 radical (unpaired) electrons. The average molecular weight is 412 g/mol. The third-order valence-corrected chi connectivity index (χ3v) is 4.05. The van der Waals surface area contributed by atoms with E-state index in [1.165, 1.54) is 0 Å². The van der Waals surface area contributed by atoms with Crippen LogP contribution in [0.1, 0.15) is 22.8 Å². The van der Waals surface area contributed by atoms with Crippen molar-refractivity contribution in [2.75, 3.05) is 6.61 Å². The Balaban J connectivity index is 1.89. The van der Waals surface area contributed by atoms with Gasteiger partial charge in [-0.2, -0.15) is 0 Å². The normalized spacial score (nSPS) is 11.7. The Labute approximate surface area is 153 Å². The molecule has 2 aromatic carbocycles. The fraction of sp³-hybridized carbons (Fsp3) is 0.222. The summed E-state index contributed by atoms with van der Waals surface area (Å²) in [4.78, 5) is 24.0. The fourth-order valence-electron chi connectivity index (χ4n) is 1.96. The van der Waals surface area contributed by atoms with Gasteiger partial charge in [-0.3, -0.25) is 4.79 Å². The highest BCUT2D eigenvalue weighted by molar-refractivity contribution is 9.10. The third kappa shape index (κ3) is 5.08. The van der Waals surface area contributed by atoms with Crippen molar-refractivity contribution < 1.29 is 19.1 Å². The zero-order chi connectivity index (χ0) is 17.7. The largest absolute Gasteiger partial charge is 0.479 e. The summed E-state index contributed by atoms with van der Waals surface area (Å²) in [5.74, 6) is -0.330. The van der Waals surface area contributed by atoms with E-state index in [0.717, 1.165) is 10.0 Å². The maximum Gasteiger partial charge on any atom is 0.347 e. The number of rotatable bonds is 6. The Morgan fingerprint density at radius 2 is 1.83 bits per heavy atom. The van der Waals surface area contributed by atoms with Gasteiger partial charge in [0.05, 0.1) is 0 Å². The lowest BCUT2D eigenvalue weighted by molar-refractivity contribution is -0.149. The Morgan fingerprint density at radius 3 is 2.46 bits per heavy atom. The van der Waals surface area contributed by atoms with Crippen LogP contribution in [0.3, 0.4) is 0 Å². The highest BCUT2D eigenvalue weighted by Crippen LogP contribution is 2.23. The van der Waals surface area contributed by atoms with Gasteiger partial charge in [-0.15, -0.1) is 0 Å². The summed E-state index contributed by atoms with van der Waals surface area (Å²) in [6.45, 7) is 3.07. The molecular formula is C18H16BrClO4. The number of halogens is 2. The van der Waals surface area contributed by atoms with Crippen LogP contribution in [0.15, 0.2) is 46.9 Å². The summed E-state index contributed by atoms with van der Waals surface area (Å²) in [5, 5.41) is 0.593. The minimum atomic E-state index is -0.831. The predicted octanol–water partition coefficient (Wildman–Crippen LogP) is 4.60. The van der Waals surface area contributed by atoms with Crippen LogP contribution in [0.25, 0.3) is 0 Å². The van der Waals surface area contributed by atoms with Crippen LogP contribution in [0, 0.1) is 6.92 Å². The number of ether oxygens (including phenoxy) is 2. The van der Waals surface area contributed by atoms with E-state index in [9.17, 15) is 9.59 Å².